The average Bonchev–Trinajstić information content (AvgIpc) is 3.28. The maximum atomic E-state index is 9.65. The minimum atomic E-state index is 0.564. The van der Waals surface area contributed by atoms with Gasteiger partial charge in [-0.1, -0.05) is 79.2 Å². The Labute approximate surface area is 197 Å². The number of allylic oxidation sites excluding steroid dienone is 1. The van der Waals surface area contributed by atoms with Gasteiger partial charge in [0.25, 0.3) is 0 Å². The molecule has 0 bridgehead atoms. The van der Waals surface area contributed by atoms with E-state index in [9.17, 15) is 5.26 Å². The van der Waals surface area contributed by atoms with Crippen molar-refractivity contribution in [3.63, 3.8) is 0 Å². The molecule has 3 nitrogen and oxygen atoms in total. The third-order valence-corrected chi connectivity index (χ3v) is 6.36. The standard InChI is InChI=1S/C26H27BrN2OS/c1-2-3-4-5-6-7-16-30-24-14-8-20(9-15-24)17-22(18-28)26-29-25(19-31-26)21-10-12-23(27)13-11-21/h8-15,17,19H,2-7,16H2,1H3. The highest BCUT2D eigenvalue weighted by atomic mass is 79.9. The summed E-state index contributed by atoms with van der Waals surface area (Å²) >= 11 is 4.94. The third kappa shape index (κ3) is 7.34. The third-order valence-electron chi connectivity index (χ3n) is 4.95. The van der Waals surface area contributed by atoms with Crippen LogP contribution in [0.5, 0.6) is 5.75 Å². The Balaban J connectivity index is 1.57. The van der Waals surface area contributed by atoms with Gasteiger partial charge in [0, 0.05) is 15.4 Å². The van der Waals surface area contributed by atoms with Gasteiger partial charge in [-0.3, -0.25) is 0 Å². The minimum Gasteiger partial charge on any atom is -0.494 e. The Hall–Kier alpha value is -2.42. The smallest absolute Gasteiger partial charge is 0.134 e. The summed E-state index contributed by atoms with van der Waals surface area (Å²) in [5, 5.41) is 12.4. The van der Waals surface area contributed by atoms with Gasteiger partial charge in [-0.2, -0.15) is 5.26 Å². The number of benzene rings is 2. The van der Waals surface area contributed by atoms with Crippen LogP contribution in [0.3, 0.4) is 0 Å². The lowest BCUT2D eigenvalue weighted by Gasteiger charge is -2.06. The SMILES string of the molecule is CCCCCCCCOc1ccc(C=C(C#N)c2nc(-c3ccc(Br)cc3)cs2)cc1. The molecule has 0 saturated heterocycles. The molecule has 1 aromatic heterocycles. The summed E-state index contributed by atoms with van der Waals surface area (Å²) in [4.78, 5) is 4.66. The maximum Gasteiger partial charge on any atom is 0.134 e. The van der Waals surface area contributed by atoms with Crippen molar-refractivity contribution in [2.45, 2.75) is 45.4 Å². The molecule has 5 heteroatoms. The quantitative estimate of drug-likeness (QED) is 0.198. The summed E-state index contributed by atoms with van der Waals surface area (Å²) < 4.78 is 6.88. The number of ether oxygens (including phenoxy) is 1. The minimum absolute atomic E-state index is 0.564. The van der Waals surface area contributed by atoms with Crippen molar-refractivity contribution in [2.24, 2.45) is 0 Å². The second-order valence-corrected chi connectivity index (χ2v) is 9.17. The van der Waals surface area contributed by atoms with Gasteiger partial charge in [0.15, 0.2) is 0 Å². The van der Waals surface area contributed by atoms with Gasteiger partial charge < -0.3 is 4.74 Å². The maximum absolute atomic E-state index is 9.65. The molecule has 0 aliphatic rings. The number of nitrogens with zero attached hydrogens (tertiary/aromatic N) is 2. The molecular weight excluding hydrogens is 468 g/mol. The molecule has 2 aromatic carbocycles. The van der Waals surface area contributed by atoms with Crippen LogP contribution in [0.1, 0.15) is 56.0 Å². The van der Waals surface area contributed by atoms with E-state index >= 15 is 0 Å². The molecule has 0 atom stereocenters. The second-order valence-electron chi connectivity index (χ2n) is 7.40. The van der Waals surface area contributed by atoms with Gasteiger partial charge in [-0.05, 0) is 42.3 Å². The highest BCUT2D eigenvalue weighted by Gasteiger charge is 2.09. The Morgan fingerprint density at radius 2 is 1.74 bits per heavy atom. The Bertz CT molecular complexity index is 1020. The number of halogens is 1. The van der Waals surface area contributed by atoms with Crippen molar-refractivity contribution in [3.8, 4) is 23.1 Å². The number of hydrogen-bond donors (Lipinski definition) is 0. The number of thiazole rings is 1. The molecule has 0 unspecified atom stereocenters. The predicted octanol–water partition coefficient (Wildman–Crippen LogP) is 8.38. The largest absolute Gasteiger partial charge is 0.494 e. The van der Waals surface area contributed by atoms with E-state index in [-0.39, 0.29) is 0 Å². The van der Waals surface area contributed by atoms with Crippen LogP contribution < -0.4 is 4.74 Å². The monoisotopic (exact) mass is 494 g/mol. The first-order valence-electron chi connectivity index (χ1n) is 10.8. The van der Waals surface area contributed by atoms with Gasteiger partial charge in [0.2, 0.25) is 0 Å². The summed E-state index contributed by atoms with van der Waals surface area (Å²) in [7, 11) is 0. The van der Waals surface area contributed by atoms with Crippen molar-refractivity contribution in [1.29, 1.82) is 5.26 Å². The zero-order chi connectivity index (χ0) is 21.9. The highest BCUT2D eigenvalue weighted by Crippen LogP contribution is 2.28. The van der Waals surface area contributed by atoms with Gasteiger partial charge >= 0.3 is 0 Å². The lowest BCUT2D eigenvalue weighted by atomic mass is 10.1. The van der Waals surface area contributed by atoms with Crippen LogP contribution in [0.2, 0.25) is 0 Å². The molecule has 31 heavy (non-hydrogen) atoms. The molecule has 0 aliphatic carbocycles. The van der Waals surface area contributed by atoms with Crippen molar-refractivity contribution < 1.29 is 4.74 Å². The Morgan fingerprint density at radius 1 is 1.03 bits per heavy atom. The van der Waals surface area contributed by atoms with E-state index in [4.69, 9.17) is 4.74 Å². The molecule has 0 spiro atoms. The first-order valence-corrected chi connectivity index (χ1v) is 12.4. The topological polar surface area (TPSA) is 45.9 Å². The predicted molar refractivity (Wildman–Crippen MR) is 134 cm³/mol. The lowest BCUT2D eigenvalue weighted by molar-refractivity contribution is 0.304. The van der Waals surface area contributed by atoms with Crippen molar-refractivity contribution >= 4 is 38.9 Å². The second kappa shape index (κ2) is 12.4. The normalized spacial score (nSPS) is 11.3. The van der Waals surface area contributed by atoms with E-state index in [0.717, 1.165) is 45.1 Å². The fraction of sp³-hybridized carbons (Fsp3) is 0.308. The van der Waals surface area contributed by atoms with E-state index < -0.39 is 0 Å². The van der Waals surface area contributed by atoms with Crippen molar-refractivity contribution in [3.05, 3.63) is 69.0 Å². The molecule has 0 amide bonds. The van der Waals surface area contributed by atoms with Crippen LogP contribution in [0.4, 0.5) is 0 Å². The Morgan fingerprint density at radius 3 is 2.45 bits per heavy atom. The molecule has 0 aliphatic heterocycles. The van der Waals surface area contributed by atoms with Gasteiger partial charge in [-0.15, -0.1) is 11.3 Å². The van der Waals surface area contributed by atoms with Crippen molar-refractivity contribution in [2.75, 3.05) is 6.61 Å². The van der Waals surface area contributed by atoms with E-state index in [1.165, 1.54) is 43.4 Å². The number of rotatable bonds is 11. The summed E-state index contributed by atoms with van der Waals surface area (Å²) in [5.74, 6) is 0.871. The van der Waals surface area contributed by atoms with Crippen LogP contribution in [-0.4, -0.2) is 11.6 Å². The molecule has 0 N–H and O–H groups in total. The number of hydrogen-bond acceptors (Lipinski definition) is 4. The molecule has 0 fully saturated rings. The molecule has 0 saturated carbocycles. The summed E-state index contributed by atoms with van der Waals surface area (Å²) in [5.41, 5.74) is 3.44. The van der Waals surface area contributed by atoms with Gasteiger partial charge in [-0.25, -0.2) is 4.98 Å². The molecule has 160 valence electrons. The molecule has 0 radical (unpaired) electrons. The average molecular weight is 495 g/mol. The summed E-state index contributed by atoms with van der Waals surface area (Å²) in [6.07, 6.45) is 9.41. The van der Waals surface area contributed by atoms with Gasteiger partial charge in [0.05, 0.1) is 17.9 Å². The number of aromatic nitrogens is 1. The first kappa shape index (κ1) is 23.2. The zero-order valence-corrected chi connectivity index (χ0v) is 20.2. The number of unbranched alkanes of at least 4 members (excludes halogenated alkanes) is 5. The van der Waals surface area contributed by atoms with Crippen LogP contribution in [-0.2, 0) is 0 Å². The molecule has 3 aromatic rings. The zero-order valence-electron chi connectivity index (χ0n) is 17.8. The lowest BCUT2D eigenvalue weighted by Crippen LogP contribution is -1.97. The van der Waals surface area contributed by atoms with Crippen LogP contribution in [0.15, 0.2) is 58.4 Å². The van der Waals surface area contributed by atoms with E-state index in [2.05, 4.69) is 33.9 Å². The number of nitriles is 1. The first-order chi connectivity index (χ1) is 15.2. The highest BCUT2D eigenvalue weighted by molar-refractivity contribution is 9.10. The summed E-state index contributed by atoms with van der Waals surface area (Å²) in [6.45, 7) is 2.99. The Kier molecular flexibility index (Phi) is 9.33. The van der Waals surface area contributed by atoms with Crippen LogP contribution >= 0.6 is 27.3 Å². The van der Waals surface area contributed by atoms with Crippen LogP contribution in [0, 0.1) is 11.3 Å². The fourth-order valence-corrected chi connectivity index (χ4v) is 4.25. The summed E-state index contributed by atoms with van der Waals surface area (Å²) in [6, 6.07) is 18.2. The molecular formula is C26H27BrN2OS. The fourth-order valence-electron chi connectivity index (χ4n) is 3.19. The molecule has 3 rings (SSSR count). The van der Waals surface area contributed by atoms with E-state index in [1.54, 1.807) is 0 Å². The van der Waals surface area contributed by atoms with Gasteiger partial charge in [0.1, 0.15) is 16.8 Å². The van der Waals surface area contributed by atoms with Crippen LogP contribution in [0.25, 0.3) is 22.9 Å². The van der Waals surface area contributed by atoms with E-state index in [0.29, 0.717) is 5.57 Å². The van der Waals surface area contributed by atoms with Crippen molar-refractivity contribution in [1.82, 2.24) is 4.98 Å². The molecule has 1 heterocycles. The van der Waals surface area contributed by atoms with E-state index in [1.807, 2.05) is 60.0 Å².